The van der Waals surface area contributed by atoms with Crippen molar-refractivity contribution >= 4 is 23.4 Å². The third-order valence-electron chi connectivity index (χ3n) is 4.33. The molecular weight excluding hydrogens is 392 g/mol. The van der Waals surface area contributed by atoms with Crippen LogP contribution in [-0.2, 0) is 0 Å². The Bertz CT molecular complexity index is 1100. The highest BCUT2D eigenvalue weighted by molar-refractivity contribution is 6.05. The number of amides is 2. The summed E-state index contributed by atoms with van der Waals surface area (Å²) >= 11 is 0. The highest BCUT2D eigenvalue weighted by atomic mass is 16.6. The molecule has 3 rings (SSSR count). The van der Waals surface area contributed by atoms with Crippen LogP contribution in [0.25, 0.3) is 11.3 Å². The van der Waals surface area contributed by atoms with Crippen LogP contribution < -0.4 is 21.1 Å². The predicted molar refractivity (Wildman–Crippen MR) is 122 cm³/mol. The molecule has 3 aromatic rings. The zero-order valence-electron chi connectivity index (χ0n) is 18.0. The number of hydrogen-bond acceptors (Lipinski definition) is 5. The summed E-state index contributed by atoms with van der Waals surface area (Å²) in [6, 6.07) is 15.7. The average molecular weight is 418 g/mol. The van der Waals surface area contributed by atoms with Gasteiger partial charge in [0.25, 0.3) is 5.91 Å². The number of nitrogen functional groups attached to an aromatic ring is 1. The van der Waals surface area contributed by atoms with Gasteiger partial charge in [-0.3, -0.25) is 9.78 Å². The molecule has 0 unspecified atom stereocenters. The van der Waals surface area contributed by atoms with Gasteiger partial charge in [-0.2, -0.15) is 0 Å². The normalized spacial score (nSPS) is 11.0. The third kappa shape index (κ3) is 5.82. The second kappa shape index (κ2) is 8.87. The number of aromatic nitrogens is 1. The lowest BCUT2D eigenvalue weighted by Crippen LogP contribution is -2.42. The number of nitrogens with zero attached hydrogens (tertiary/aromatic N) is 1. The summed E-state index contributed by atoms with van der Waals surface area (Å²) in [5.74, 6) is -0.0586. The van der Waals surface area contributed by atoms with E-state index < -0.39 is 11.6 Å². The molecule has 4 N–H and O–H groups in total. The van der Waals surface area contributed by atoms with E-state index in [1.807, 2.05) is 45.9 Å². The number of rotatable bonds is 4. The first-order valence-electron chi connectivity index (χ1n) is 9.85. The number of nitrogens with two attached hydrogens (primary N) is 1. The maximum Gasteiger partial charge on any atom is 0.413 e. The Kier molecular flexibility index (Phi) is 6.25. The van der Waals surface area contributed by atoms with Crippen LogP contribution in [0, 0.1) is 6.92 Å². The van der Waals surface area contributed by atoms with Crippen LogP contribution in [0.1, 0.15) is 36.7 Å². The highest BCUT2D eigenvalue weighted by Crippen LogP contribution is 2.26. The molecule has 0 atom stereocenters. The molecule has 0 saturated heterocycles. The summed E-state index contributed by atoms with van der Waals surface area (Å²) in [6.45, 7) is 7.50. The summed E-state index contributed by atoms with van der Waals surface area (Å²) in [4.78, 5) is 29.2. The minimum Gasteiger partial charge on any atom is -0.408 e. The summed E-state index contributed by atoms with van der Waals surface area (Å²) < 4.78 is 5.37. The molecule has 0 fully saturated rings. The minimum atomic E-state index is -0.593. The van der Waals surface area contributed by atoms with Crippen LogP contribution in [-0.4, -0.2) is 22.5 Å². The molecule has 160 valence electrons. The molecule has 0 aliphatic rings. The minimum absolute atomic E-state index is 0.260. The maximum atomic E-state index is 12.7. The lowest BCUT2D eigenvalue weighted by atomic mass is 10.0. The first kappa shape index (κ1) is 21.8. The van der Waals surface area contributed by atoms with Crippen molar-refractivity contribution in [1.82, 2.24) is 10.3 Å². The molecule has 1 heterocycles. The molecule has 7 nitrogen and oxygen atoms in total. The maximum absolute atomic E-state index is 12.7. The Morgan fingerprint density at radius 3 is 2.35 bits per heavy atom. The van der Waals surface area contributed by atoms with Crippen molar-refractivity contribution < 1.29 is 14.3 Å². The van der Waals surface area contributed by atoms with Crippen molar-refractivity contribution in [2.24, 2.45) is 0 Å². The molecule has 0 saturated carbocycles. The van der Waals surface area contributed by atoms with E-state index in [-0.39, 0.29) is 11.7 Å². The fourth-order valence-electron chi connectivity index (χ4n) is 2.96. The van der Waals surface area contributed by atoms with E-state index in [4.69, 9.17) is 10.5 Å². The zero-order valence-corrected chi connectivity index (χ0v) is 18.0. The number of pyridine rings is 1. The molecule has 0 aliphatic carbocycles. The summed E-state index contributed by atoms with van der Waals surface area (Å²) in [5, 5.41) is 5.52. The third-order valence-corrected chi connectivity index (χ3v) is 4.33. The molecule has 0 spiro atoms. The van der Waals surface area contributed by atoms with Gasteiger partial charge in [-0.15, -0.1) is 0 Å². The molecule has 7 heteroatoms. The van der Waals surface area contributed by atoms with Crippen LogP contribution in [0.2, 0.25) is 0 Å². The Hall–Kier alpha value is -3.87. The number of carbonyl (C=O) groups is 2. The van der Waals surface area contributed by atoms with Crippen molar-refractivity contribution in [1.29, 1.82) is 0 Å². The number of hydrogen-bond donors (Lipinski definition) is 3. The van der Waals surface area contributed by atoms with Gasteiger partial charge in [0.2, 0.25) is 0 Å². The van der Waals surface area contributed by atoms with Gasteiger partial charge in [-0.25, -0.2) is 4.79 Å². The number of benzene rings is 2. The van der Waals surface area contributed by atoms with Crippen molar-refractivity contribution in [3.63, 3.8) is 0 Å². The van der Waals surface area contributed by atoms with Gasteiger partial charge in [0, 0.05) is 16.7 Å². The van der Waals surface area contributed by atoms with Gasteiger partial charge >= 0.3 is 6.09 Å². The Labute approximate surface area is 181 Å². The smallest absolute Gasteiger partial charge is 0.408 e. The number of ether oxygens (including phenoxy) is 1. The Morgan fingerprint density at radius 2 is 1.71 bits per heavy atom. The van der Waals surface area contributed by atoms with E-state index in [2.05, 4.69) is 15.6 Å². The second-order valence-electron chi connectivity index (χ2n) is 8.23. The van der Waals surface area contributed by atoms with Crippen LogP contribution in [0.5, 0.6) is 5.75 Å². The first-order valence-corrected chi connectivity index (χ1v) is 9.85. The van der Waals surface area contributed by atoms with Gasteiger partial charge in [0.05, 0.1) is 23.3 Å². The first-order chi connectivity index (χ1) is 14.6. The molecule has 2 aromatic carbocycles. The monoisotopic (exact) mass is 418 g/mol. The average Bonchev–Trinajstić information content (AvgIpc) is 2.68. The summed E-state index contributed by atoms with van der Waals surface area (Å²) in [5.41, 5.74) is 9.45. The van der Waals surface area contributed by atoms with E-state index in [9.17, 15) is 9.59 Å². The fourth-order valence-corrected chi connectivity index (χ4v) is 2.96. The standard InChI is InChI=1S/C24H26N4O3/c1-15-13-18(25)14-26-21(15)16-9-11-17(12-10-16)22(29)27-19-7-5-6-8-20(19)31-23(30)28-24(2,3)4/h5-14H,25H2,1-4H3,(H,27,29)(H,28,30). The van der Waals surface area contributed by atoms with Gasteiger partial charge in [-0.1, -0.05) is 24.3 Å². The molecule has 31 heavy (non-hydrogen) atoms. The largest absolute Gasteiger partial charge is 0.413 e. The van der Waals surface area contributed by atoms with Crippen molar-refractivity contribution in [3.8, 4) is 17.0 Å². The molecule has 0 bridgehead atoms. The fraction of sp³-hybridized carbons (Fsp3) is 0.208. The number of aryl methyl sites for hydroxylation is 1. The van der Waals surface area contributed by atoms with Gasteiger partial charge in [0.15, 0.2) is 5.75 Å². The predicted octanol–water partition coefficient (Wildman–Crippen LogP) is 4.78. The SMILES string of the molecule is Cc1cc(N)cnc1-c1ccc(C(=O)Nc2ccccc2OC(=O)NC(C)(C)C)cc1. The van der Waals surface area contributed by atoms with E-state index in [1.165, 1.54) is 0 Å². The Balaban J connectivity index is 1.74. The molecule has 0 aliphatic heterocycles. The molecule has 1 aromatic heterocycles. The van der Waals surface area contributed by atoms with E-state index in [1.54, 1.807) is 42.6 Å². The number of para-hydroxylation sites is 2. The zero-order chi connectivity index (χ0) is 22.6. The van der Waals surface area contributed by atoms with E-state index in [0.717, 1.165) is 16.8 Å². The lowest BCUT2D eigenvalue weighted by Gasteiger charge is -2.20. The van der Waals surface area contributed by atoms with Gasteiger partial charge in [0.1, 0.15) is 0 Å². The van der Waals surface area contributed by atoms with Crippen molar-refractivity contribution in [3.05, 3.63) is 71.9 Å². The second-order valence-corrected chi connectivity index (χ2v) is 8.23. The number of carbonyl (C=O) groups excluding carboxylic acids is 2. The van der Waals surface area contributed by atoms with Crippen LogP contribution >= 0.6 is 0 Å². The molecular formula is C24H26N4O3. The van der Waals surface area contributed by atoms with E-state index in [0.29, 0.717) is 16.9 Å². The lowest BCUT2D eigenvalue weighted by molar-refractivity contribution is 0.102. The highest BCUT2D eigenvalue weighted by Gasteiger charge is 2.17. The number of anilines is 2. The molecule has 2 amide bonds. The van der Waals surface area contributed by atoms with Crippen LogP contribution in [0.15, 0.2) is 60.8 Å². The molecule has 0 radical (unpaired) electrons. The van der Waals surface area contributed by atoms with Crippen LogP contribution in [0.3, 0.4) is 0 Å². The van der Waals surface area contributed by atoms with Crippen LogP contribution in [0.4, 0.5) is 16.2 Å². The van der Waals surface area contributed by atoms with Gasteiger partial charge < -0.3 is 21.1 Å². The summed E-state index contributed by atoms with van der Waals surface area (Å²) in [7, 11) is 0. The number of nitrogens with one attached hydrogen (secondary N) is 2. The summed E-state index contributed by atoms with van der Waals surface area (Å²) in [6.07, 6.45) is 1.01. The Morgan fingerprint density at radius 1 is 1.03 bits per heavy atom. The van der Waals surface area contributed by atoms with Crippen molar-refractivity contribution in [2.45, 2.75) is 33.2 Å². The van der Waals surface area contributed by atoms with Crippen molar-refractivity contribution in [2.75, 3.05) is 11.1 Å². The quantitative estimate of drug-likeness (QED) is 0.565. The van der Waals surface area contributed by atoms with E-state index >= 15 is 0 Å². The van der Waals surface area contributed by atoms with Gasteiger partial charge in [-0.05, 0) is 63.6 Å². The topological polar surface area (TPSA) is 106 Å².